The zero-order chi connectivity index (χ0) is 14.0. The SMILES string of the molecule is Cc1cc(C)cc(Nc2ncc(N)cc2C(N)=O)c1. The summed E-state index contributed by atoms with van der Waals surface area (Å²) in [7, 11) is 0. The van der Waals surface area contributed by atoms with Crippen molar-refractivity contribution in [3.8, 4) is 0 Å². The van der Waals surface area contributed by atoms with Crippen LogP contribution in [0.2, 0.25) is 0 Å². The van der Waals surface area contributed by atoms with Gasteiger partial charge in [-0.15, -0.1) is 0 Å². The van der Waals surface area contributed by atoms with Crippen molar-refractivity contribution in [2.24, 2.45) is 5.73 Å². The van der Waals surface area contributed by atoms with E-state index >= 15 is 0 Å². The van der Waals surface area contributed by atoms with Gasteiger partial charge in [-0.1, -0.05) is 6.07 Å². The van der Waals surface area contributed by atoms with E-state index in [1.54, 1.807) is 0 Å². The molecule has 2 aromatic rings. The molecular weight excluding hydrogens is 240 g/mol. The molecule has 1 aromatic heterocycles. The van der Waals surface area contributed by atoms with Gasteiger partial charge in [-0.05, 0) is 43.2 Å². The van der Waals surface area contributed by atoms with Gasteiger partial charge in [0.2, 0.25) is 0 Å². The van der Waals surface area contributed by atoms with Gasteiger partial charge in [0.25, 0.3) is 5.91 Å². The first-order valence-corrected chi connectivity index (χ1v) is 5.86. The molecular formula is C14H16N4O. The summed E-state index contributed by atoms with van der Waals surface area (Å²) >= 11 is 0. The zero-order valence-corrected chi connectivity index (χ0v) is 10.9. The van der Waals surface area contributed by atoms with E-state index in [0.717, 1.165) is 16.8 Å². The lowest BCUT2D eigenvalue weighted by molar-refractivity contribution is 0.100. The third-order valence-electron chi connectivity index (χ3n) is 2.66. The molecule has 0 atom stereocenters. The number of pyridine rings is 1. The summed E-state index contributed by atoms with van der Waals surface area (Å²) in [5.74, 6) is -0.154. The van der Waals surface area contributed by atoms with E-state index in [0.29, 0.717) is 11.5 Å². The molecule has 5 nitrogen and oxygen atoms in total. The molecule has 0 spiro atoms. The number of anilines is 3. The Kier molecular flexibility index (Phi) is 3.37. The Morgan fingerprint density at radius 1 is 1.16 bits per heavy atom. The van der Waals surface area contributed by atoms with Gasteiger partial charge in [-0.2, -0.15) is 0 Å². The number of hydrogen-bond acceptors (Lipinski definition) is 4. The number of carbonyl (C=O) groups excluding carboxylic acids is 1. The summed E-state index contributed by atoms with van der Waals surface area (Å²) in [5.41, 5.74) is 14.7. The van der Waals surface area contributed by atoms with Gasteiger partial charge in [-0.25, -0.2) is 4.98 Å². The van der Waals surface area contributed by atoms with Crippen molar-refractivity contribution in [2.45, 2.75) is 13.8 Å². The van der Waals surface area contributed by atoms with Crippen molar-refractivity contribution in [1.82, 2.24) is 4.98 Å². The summed E-state index contributed by atoms with van der Waals surface area (Å²) < 4.78 is 0. The Bertz CT molecular complexity index is 617. The molecule has 0 aliphatic heterocycles. The smallest absolute Gasteiger partial charge is 0.252 e. The minimum atomic E-state index is -0.563. The molecule has 0 aliphatic rings. The molecule has 0 radical (unpaired) electrons. The Morgan fingerprint density at radius 3 is 2.37 bits per heavy atom. The van der Waals surface area contributed by atoms with E-state index in [9.17, 15) is 4.79 Å². The van der Waals surface area contributed by atoms with Crippen LogP contribution in [-0.2, 0) is 0 Å². The van der Waals surface area contributed by atoms with Gasteiger partial charge < -0.3 is 16.8 Å². The molecule has 0 bridgehead atoms. The van der Waals surface area contributed by atoms with Crippen molar-refractivity contribution in [2.75, 3.05) is 11.1 Å². The molecule has 0 saturated carbocycles. The van der Waals surface area contributed by atoms with Gasteiger partial charge in [0.05, 0.1) is 17.4 Å². The van der Waals surface area contributed by atoms with E-state index < -0.39 is 5.91 Å². The number of carbonyl (C=O) groups is 1. The highest BCUT2D eigenvalue weighted by atomic mass is 16.1. The van der Waals surface area contributed by atoms with Crippen LogP contribution >= 0.6 is 0 Å². The second-order valence-corrected chi connectivity index (χ2v) is 4.53. The monoisotopic (exact) mass is 256 g/mol. The third-order valence-corrected chi connectivity index (χ3v) is 2.66. The van der Waals surface area contributed by atoms with Crippen LogP contribution in [0.5, 0.6) is 0 Å². The van der Waals surface area contributed by atoms with Crippen molar-refractivity contribution < 1.29 is 4.79 Å². The predicted molar refractivity (Wildman–Crippen MR) is 76.4 cm³/mol. The standard InChI is InChI=1S/C14H16N4O/c1-8-3-9(2)5-11(4-8)18-14-12(13(16)19)6-10(15)7-17-14/h3-7H,15H2,1-2H3,(H2,16,19)(H,17,18). The molecule has 2 rings (SSSR count). The Morgan fingerprint density at radius 2 is 1.79 bits per heavy atom. The Labute approximate surface area is 111 Å². The zero-order valence-electron chi connectivity index (χ0n) is 10.9. The lowest BCUT2D eigenvalue weighted by atomic mass is 10.1. The number of nitrogens with one attached hydrogen (secondary N) is 1. The average Bonchev–Trinajstić information content (AvgIpc) is 2.30. The average molecular weight is 256 g/mol. The Hall–Kier alpha value is -2.56. The largest absolute Gasteiger partial charge is 0.397 e. The second-order valence-electron chi connectivity index (χ2n) is 4.53. The molecule has 1 amide bonds. The normalized spacial score (nSPS) is 10.2. The molecule has 1 heterocycles. The molecule has 19 heavy (non-hydrogen) atoms. The first kappa shape index (κ1) is 12.9. The van der Waals surface area contributed by atoms with Crippen molar-refractivity contribution in [3.63, 3.8) is 0 Å². The molecule has 0 aliphatic carbocycles. The number of nitrogens with two attached hydrogens (primary N) is 2. The highest BCUT2D eigenvalue weighted by molar-refractivity contribution is 5.99. The van der Waals surface area contributed by atoms with E-state index in [-0.39, 0.29) is 5.56 Å². The van der Waals surface area contributed by atoms with Crippen LogP contribution < -0.4 is 16.8 Å². The summed E-state index contributed by atoms with van der Waals surface area (Å²) in [5, 5.41) is 3.10. The lowest BCUT2D eigenvalue weighted by Gasteiger charge is -2.11. The number of aryl methyl sites for hydroxylation is 2. The summed E-state index contributed by atoms with van der Waals surface area (Å²) in [6.45, 7) is 4.01. The molecule has 0 saturated heterocycles. The molecule has 5 N–H and O–H groups in total. The highest BCUT2D eigenvalue weighted by Crippen LogP contribution is 2.22. The van der Waals surface area contributed by atoms with Crippen LogP contribution in [0.25, 0.3) is 0 Å². The summed E-state index contributed by atoms with van der Waals surface area (Å²) in [6.07, 6.45) is 1.48. The van der Waals surface area contributed by atoms with Crippen molar-refractivity contribution in [1.29, 1.82) is 0 Å². The van der Waals surface area contributed by atoms with E-state index in [1.807, 2.05) is 26.0 Å². The second kappa shape index (κ2) is 4.97. The fourth-order valence-electron chi connectivity index (χ4n) is 1.95. The topological polar surface area (TPSA) is 94.0 Å². The highest BCUT2D eigenvalue weighted by Gasteiger charge is 2.10. The van der Waals surface area contributed by atoms with Crippen LogP contribution in [0.3, 0.4) is 0 Å². The first-order valence-electron chi connectivity index (χ1n) is 5.86. The third kappa shape index (κ3) is 3.01. The quantitative estimate of drug-likeness (QED) is 0.784. The van der Waals surface area contributed by atoms with Gasteiger partial charge in [0, 0.05) is 5.69 Å². The maximum absolute atomic E-state index is 11.4. The molecule has 0 fully saturated rings. The summed E-state index contributed by atoms with van der Waals surface area (Å²) in [4.78, 5) is 15.5. The van der Waals surface area contributed by atoms with E-state index in [2.05, 4.69) is 16.4 Å². The van der Waals surface area contributed by atoms with Gasteiger partial charge in [0.1, 0.15) is 5.82 Å². The number of amides is 1. The van der Waals surface area contributed by atoms with Gasteiger partial charge in [0.15, 0.2) is 0 Å². The Balaban J connectivity index is 2.40. The van der Waals surface area contributed by atoms with Crippen molar-refractivity contribution in [3.05, 3.63) is 47.2 Å². The maximum Gasteiger partial charge on any atom is 0.252 e. The van der Waals surface area contributed by atoms with Crippen molar-refractivity contribution >= 4 is 23.1 Å². The van der Waals surface area contributed by atoms with E-state index in [1.165, 1.54) is 12.3 Å². The van der Waals surface area contributed by atoms with Crippen LogP contribution in [0.4, 0.5) is 17.2 Å². The van der Waals surface area contributed by atoms with Gasteiger partial charge >= 0.3 is 0 Å². The van der Waals surface area contributed by atoms with Crippen LogP contribution in [0.15, 0.2) is 30.5 Å². The van der Waals surface area contributed by atoms with Gasteiger partial charge in [-0.3, -0.25) is 4.79 Å². The number of primary amides is 1. The minimum absolute atomic E-state index is 0.277. The lowest BCUT2D eigenvalue weighted by Crippen LogP contribution is -2.14. The predicted octanol–water partition coefficient (Wildman–Crippen LogP) is 2.12. The minimum Gasteiger partial charge on any atom is -0.397 e. The molecule has 98 valence electrons. The fourth-order valence-corrected chi connectivity index (χ4v) is 1.95. The molecule has 5 heteroatoms. The molecule has 0 unspecified atom stereocenters. The van der Waals surface area contributed by atoms with E-state index in [4.69, 9.17) is 11.5 Å². The fraction of sp³-hybridized carbons (Fsp3) is 0.143. The number of nitrogen functional groups attached to an aromatic ring is 1. The number of benzene rings is 1. The maximum atomic E-state index is 11.4. The number of hydrogen-bond donors (Lipinski definition) is 3. The number of nitrogens with zero attached hydrogens (tertiary/aromatic N) is 1. The number of aromatic nitrogens is 1. The van der Waals surface area contributed by atoms with Crippen LogP contribution in [0.1, 0.15) is 21.5 Å². The van der Waals surface area contributed by atoms with Crippen LogP contribution in [-0.4, -0.2) is 10.9 Å². The van der Waals surface area contributed by atoms with Crippen LogP contribution in [0, 0.1) is 13.8 Å². The summed E-state index contributed by atoms with van der Waals surface area (Å²) in [6, 6.07) is 7.52. The first-order chi connectivity index (χ1) is 8.95. The molecule has 1 aromatic carbocycles. The number of rotatable bonds is 3.